The van der Waals surface area contributed by atoms with Crippen LogP contribution in [-0.2, 0) is 19.1 Å². The highest BCUT2D eigenvalue weighted by molar-refractivity contribution is 5.80. The molecule has 7 nitrogen and oxygen atoms in total. The summed E-state index contributed by atoms with van der Waals surface area (Å²) in [6.45, 7) is 9.86. The summed E-state index contributed by atoms with van der Waals surface area (Å²) in [7, 11) is 0. The Morgan fingerprint density at radius 2 is 1.38 bits per heavy atom. The normalized spacial score (nSPS) is 11.5. The molecule has 7 heteroatoms. The second-order valence-corrected chi connectivity index (χ2v) is 7.57. The number of hydrogen-bond acceptors (Lipinski definition) is 7. The third-order valence-corrected chi connectivity index (χ3v) is 2.65. The van der Waals surface area contributed by atoms with E-state index in [1.165, 1.54) is 18.2 Å². The lowest BCUT2D eigenvalue weighted by Crippen LogP contribution is -2.27. The van der Waals surface area contributed by atoms with E-state index in [-0.39, 0.29) is 24.5 Å². The summed E-state index contributed by atoms with van der Waals surface area (Å²) < 4.78 is 21.0. The van der Waals surface area contributed by atoms with Crippen LogP contribution in [0.1, 0.15) is 51.9 Å². The van der Waals surface area contributed by atoms with Gasteiger partial charge in [-0.1, -0.05) is 0 Å². The van der Waals surface area contributed by atoms with Crippen LogP contribution in [0, 0.1) is 0 Å². The first kappa shape index (κ1) is 21.5. The van der Waals surface area contributed by atoms with E-state index in [9.17, 15) is 14.4 Å². The molecule has 0 fully saturated rings. The van der Waals surface area contributed by atoms with Gasteiger partial charge >= 0.3 is 11.9 Å². The second-order valence-electron chi connectivity index (χ2n) is 7.57. The molecule has 0 aliphatic carbocycles. The number of carbonyl (C=O) groups excluding carboxylic acids is 3. The smallest absolute Gasteiger partial charge is 0.344 e. The Labute approximate surface area is 153 Å². The molecule has 26 heavy (non-hydrogen) atoms. The van der Waals surface area contributed by atoms with E-state index in [4.69, 9.17) is 18.9 Å². The van der Waals surface area contributed by atoms with Gasteiger partial charge in [0.05, 0.1) is 5.56 Å². The van der Waals surface area contributed by atoms with Gasteiger partial charge in [-0.25, -0.2) is 9.59 Å². The predicted molar refractivity (Wildman–Crippen MR) is 94.5 cm³/mol. The fraction of sp³-hybridized carbons (Fsp3) is 0.526. The van der Waals surface area contributed by atoms with E-state index in [0.717, 1.165) is 0 Å². The zero-order chi connectivity index (χ0) is 20.0. The number of hydrogen-bond donors (Lipinski definition) is 0. The van der Waals surface area contributed by atoms with Crippen molar-refractivity contribution in [1.29, 1.82) is 0 Å². The van der Waals surface area contributed by atoms with E-state index in [1.54, 1.807) is 41.5 Å². The molecule has 0 saturated carbocycles. The second kappa shape index (κ2) is 8.69. The maximum absolute atomic E-state index is 11.7. The molecule has 0 aromatic heterocycles. The lowest BCUT2D eigenvalue weighted by atomic mass is 10.2. The summed E-state index contributed by atoms with van der Waals surface area (Å²) in [6, 6.07) is 4.43. The molecular weight excluding hydrogens is 340 g/mol. The summed E-state index contributed by atoms with van der Waals surface area (Å²) in [6.07, 6.45) is 0.599. The van der Waals surface area contributed by atoms with Gasteiger partial charge in [-0.3, -0.25) is 4.79 Å². The Morgan fingerprint density at radius 1 is 0.885 bits per heavy atom. The van der Waals surface area contributed by atoms with Gasteiger partial charge in [0.1, 0.15) is 22.7 Å². The number of aldehydes is 1. The van der Waals surface area contributed by atoms with Gasteiger partial charge in [-0.15, -0.1) is 0 Å². The van der Waals surface area contributed by atoms with E-state index in [1.807, 2.05) is 0 Å². The Balaban J connectivity index is 2.71. The maximum Gasteiger partial charge on any atom is 0.344 e. The van der Waals surface area contributed by atoms with Crippen molar-refractivity contribution in [3.05, 3.63) is 23.8 Å². The SMILES string of the molecule is CC(C)(C)OC(=O)COc1ccc(C=O)c(OCC(=O)OC(C)(C)C)c1. The van der Waals surface area contributed by atoms with Crippen molar-refractivity contribution in [2.75, 3.05) is 13.2 Å². The molecule has 1 aromatic carbocycles. The minimum Gasteiger partial charge on any atom is -0.482 e. The molecule has 0 spiro atoms. The Bertz CT molecular complexity index is 651. The number of ether oxygens (including phenoxy) is 4. The monoisotopic (exact) mass is 366 g/mol. The molecule has 0 N–H and O–H groups in total. The molecule has 1 rings (SSSR count). The summed E-state index contributed by atoms with van der Waals surface area (Å²) in [5.41, 5.74) is -0.992. The molecule has 0 bridgehead atoms. The highest BCUT2D eigenvalue weighted by Gasteiger charge is 2.18. The molecule has 0 aliphatic rings. The average molecular weight is 366 g/mol. The summed E-state index contributed by atoms with van der Waals surface area (Å²) in [4.78, 5) is 34.6. The molecule has 0 radical (unpaired) electrons. The van der Waals surface area contributed by atoms with Crippen molar-refractivity contribution < 1.29 is 33.3 Å². The van der Waals surface area contributed by atoms with Gasteiger partial charge in [-0.05, 0) is 53.7 Å². The standard InChI is InChI=1S/C19H26O7/c1-18(2,3)25-16(21)11-23-14-8-7-13(10-20)15(9-14)24-12-17(22)26-19(4,5)6/h7-10H,11-12H2,1-6H3. The van der Waals surface area contributed by atoms with E-state index in [2.05, 4.69) is 0 Å². The van der Waals surface area contributed by atoms with Crippen LogP contribution in [0.5, 0.6) is 11.5 Å². The highest BCUT2D eigenvalue weighted by atomic mass is 16.6. The van der Waals surface area contributed by atoms with Crippen molar-refractivity contribution in [3.8, 4) is 11.5 Å². The Hall–Kier alpha value is -2.57. The number of benzene rings is 1. The van der Waals surface area contributed by atoms with Crippen LogP contribution in [0.3, 0.4) is 0 Å². The van der Waals surface area contributed by atoms with Crippen LogP contribution in [-0.4, -0.2) is 42.6 Å². The van der Waals surface area contributed by atoms with Crippen LogP contribution in [0.4, 0.5) is 0 Å². The number of carbonyl (C=O) groups is 3. The van der Waals surface area contributed by atoms with Crippen LogP contribution in [0.2, 0.25) is 0 Å². The maximum atomic E-state index is 11.7. The van der Waals surface area contributed by atoms with Crippen LogP contribution in [0.25, 0.3) is 0 Å². The van der Waals surface area contributed by atoms with Crippen molar-refractivity contribution in [2.24, 2.45) is 0 Å². The number of esters is 2. The van der Waals surface area contributed by atoms with E-state index >= 15 is 0 Å². The lowest BCUT2D eigenvalue weighted by molar-refractivity contribution is -0.158. The fourth-order valence-electron chi connectivity index (χ4n) is 1.85. The van der Waals surface area contributed by atoms with Gasteiger partial charge in [-0.2, -0.15) is 0 Å². The fourth-order valence-corrected chi connectivity index (χ4v) is 1.85. The van der Waals surface area contributed by atoms with Gasteiger partial charge in [0, 0.05) is 6.07 Å². The zero-order valence-corrected chi connectivity index (χ0v) is 16.1. The summed E-state index contributed by atoms with van der Waals surface area (Å²) in [5.74, 6) is -0.615. The van der Waals surface area contributed by atoms with Crippen molar-refractivity contribution >= 4 is 18.2 Å². The van der Waals surface area contributed by atoms with Gasteiger partial charge in [0.2, 0.25) is 0 Å². The van der Waals surface area contributed by atoms with Crippen molar-refractivity contribution in [3.63, 3.8) is 0 Å². The lowest BCUT2D eigenvalue weighted by Gasteiger charge is -2.20. The first-order chi connectivity index (χ1) is 11.9. The topological polar surface area (TPSA) is 88.1 Å². The molecule has 0 atom stereocenters. The predicted octanol–water partition coefficient (Wildman–Crippen LogP) is 2.94. The van der Waals surface area contributed by atoms with E-state index in [0.29, 0.717) is 12.0 Å². The minimum atomic E-state index is -0.633. The molecular formula is C19H26O7. The molecule has 0 unspecified atom stereocenters. The zero-order valence-electron chi connectivity index (χ0n) is 16.1. The molecule has 0 saturated heterocycles. The molecule has 144 valence electrons. The summed E-state index contributed by atoms with van der Waals surface area (Å²) in [5, 5.41) is 0. The Morgan fingerprint density at radius 3 is 1.85 bits per heavy atom. The van der Waals surface area contributed by atoms with Crippen molar-refractivity contribution in [1.82, 2.24) is 0 Å². The third-order valence-electron chi connectivity index (χ3n) is 2.65. The van der Waals surface area contributed by atoms with Gasteiger partial charge in [0.25, 0.3) is 0 Å². The molecule has 1 aromatic rings. The van der Waals surface area contributed by atoms with Crippen LogP contribution >= 0.6 is 0 Å². The third kappa shape index (κ3) is 8.50. The summed E-state index contributed by atoms with van der Waals surface area (Å²) >= 11 is 0. The molecule has 0 heterocycles. The van der Waals surface area contributed by atoms with Crippen LogP contribution < -0.4 is 9.47 Å². The first-order valence-electron chi connectivity index (χ1n) is 8.18. The quantitative estimate of drug-likeness (QED) is 0.541. The van der Waals surface area contributed by atoms with E-state index < -0.39 is 23.1 Å². The van der Waals surface area contributed by atoms with Crippen molar-refractivity contribution in [2.45, 2.75) is 52.7 Å². The van der Waals surface area contributed by atoms with Crippen LogP contribution in [0.15, 0.2) is 18.2 Å². The highest BCUT2D eigenvalue weighted by Crippen LogP contribution is 2.24. The van der Waals surface area contributed by atoms with Gasteiger partial charge < -0.3 is 18.9 Å². The largest absolute Gasteiger partial charge is 0.482 e. The molecule has 0 aliphatic heterocycles. The number of rotatable bonds is 7. The first-order valence-corrected chi connectivity index (χ1v) is 8.18. The molecule has 0 amide bonds. The average Bonchev–Trinajstić information content (AvgIpc) is 2.47. The van der Waals surface area contributed by atoms with Gasteiger partial charge in [0.15, 0.2) is 19.5 Å². The minimum absolute atomic E-state index is 0.160. The Kier molecular flexibility index (Phi) is 7.18.